The molecule has 0 fully saturated rings. The Morgan fingerprint density at radius 2 is 1.85 bits per heavy atom. The molecule has 1 amide bonds. The molecule has 20 heavy (non-hydrogen) atoms. The van der Waals surface area contributed by atoms with Crippen molar-refractivity contribution in [3.63, 3.8) is 0 Å². The SMILES string of the molecule is Cc1cccc(NC(=O)Cc2c(F)cc(F)cc2F)n1. The number of hydrogen-bond donors (Lipinski definition) is 1. The van der Waals surface area contributed by atoms with Gasteiger partial charge in [-0.15, -0.1) is 0 Å². The average Bonchev–Trinajstić information content (AvgIpc) is 2.33. The van der Waals surface area contributed by atoms with E-state index in [1.54, 1.807) is 25.1 Å². The largest absolute Gasteiger partial charge is 0.310 e. The summed E-state index contributed by atoms with van der Waals surface area (Å²) in [6.07, 6.45) is -0.534. The number of anilines is 1. The van der Waals surface area contributed by atoms with Crippen LogP contribution in [-0.4, -0.2) is 10.9 Å². The number of amides is 1. The van der Waals surface area contributed by atoms with E-state index in [2.05, 4.69) is 10.3 Å². The molecule has 1 N–H and O–H groups in total. The maximum absolute atomic E-state index is 13.4. The third-order valence-corrected chi connectivity index (χ3v) is 2.60. The minimum absolute atomic E-state index is 0.290. The lowest BCUT2D eigenvalue weighted by molar-refractivity contribution is -0.115. The smallest absolute Gasteiger partial charge is 0.230 e. The Labute approximate surface area is 113 Å². The fourth-order valence-corrected chi connectivity index (χ4v) is 1.70. The van der Waals surface area contributed by atoms with Crippen LogP contribution in [0.4, 0.5) is 19.0 Å². The first-order chi connectivity index (χ1) is 9.45. The van der Waals surface area contributed by atoms with Gasteiger partial charge in [0.25, 0.3) is 0 Å². The van der Waals surface area contributed by atoms with E-state index in [1.165, 1.54) is 0 Å². The molecule has 0 aliphatic rings. The van der Waals surface area contributed by atoms with Gasteiger partial charge >= 0.3 is 0 Å². The molecule has 2 rings (SSSR count). The first-order valence-electron chi connectivity index (χ1n) is 5.82. The summed E-state index contributed by atoms with van der Waals surface area (Å²) in [5.74, 6) is -3.54. The van der Waals surface area contributed by atoms with Crippen molar-refractivity contribution in [3.8, 4) is 0 Å². The van der Waals surface area contributed by atoms with Gasteiger partial charge in [-0.25, -0.2) is 18.2 Å². The quantitative estimate of drug-likeness (QED) is 0.939. The van der Waals surface area contributed by atoms with Gasteiger partial charge in [0.15, 0.2) is 0 Å². The Balaban J connectivity index is 2.13. The average molecular weight is 280 g/mol. The van der Waals surface area contributed by atoms with E-state index in [0.717, 1.165) is 0 Å². The molecular weight excluding hydrogens is 269 g/mol. The highest BCUT2D eigenvalue weighted by Crippen LogP contribution is 2.16. The molecule has 6 heteroatoms. The Morgan fingerprint density at radius 3 is 2.45 bits per heavy atom. The fourth-order valence-electron chi connectivity index (χ4n) is 1.70. The van der Waals surface area contributed by atoms with Crippen molar-refractivity contribution >= 4 is 11.7 Å². The van der Waals surface area contributed by atoms with Gasteiger partial charge in [-0.2, -0.15) is 0 Å². The molecular formula is C14H11F3N2O. The van der Waals surface area contributed by atoms with Crippen LogP contribution in [0.15, 0.2) is 30.3 Å². The second-order valence-corrected chi connectivity index (χ2v) is 4.24. The summed E-state index contributed by atoms with van der Waals surface area (Å²) in [5, 5.41) is 2.42. The van der Waals surface area contributed by atoms with Crippen LogP contribution in [0.5, 0.6) is 0 Å². The van der Waals surface area contributed by atoms with Crippen molar-refractivity contribution in [1.29, 1.82) is 0 Å². The van der Waals surface area contributed by atoms with Gasteiger partial charge in [0.1, 0.15) is 23.3 Å². The van der Waals surface area contributed by atoms with E-state index in [-0.39, 0.29) is 5.82 Å². The summed E-state index contributed by atoms with van der Waals surface area (Å²) in [6, 6.07) is 6.07. The monoisotopic (exact) mass is 280 g/mol. The third kappa shape index (κ3) is 3.34. The van der Waals surface area contributed by atoms with E-state index in [1.807, 2.05) is 0 Å². The molecule has 104 valence electrons. The first-order valence-corrected chi connectivity index (χ1v) is 5.82. The predicted molar refractivity (Wildman–Crippen MR) is 67.6 cm³/mol. The number of rotatable bonds is 3. The molecule has 3 nitrogen and oxygen atoms in total. The van der Waals surface area contributed by atoms with Crippen LogP contribution in [0.25, 0.3) is 0 Å². The van der Waals surface area contributed by atoms with Crippen molar-refractivity contribution < 1.29 is 18.0 Å². The van der Waals surface area contributed by atoms with E-state index in [9.17, 15) is 18.0 Å². The number of benzene rings is 1. The van der Waals surface area contributed by atoms with Gasteiger partial charge in [0.2, 0.25) is 5.91 Å². The van der Waals surface area contributed by atoms with Gasteiger partial charge in [0, 0.05) is 23.4 Å². The van der Waals surface area contributed by atoms with Crippen LogP contribution < -0.4 is 5.32 Å². The number of carbonyl (C=O) groups excluding carboxylic acids is 1. The molecule has 0 spiro atoms. The van der Waals surface area contributed by atoms with Crippen LogP contribution in [0.3, 0.4) is 0 Å². The third-order valence-electron chi connectivity index (χ3n) is 2.60. The standard InChI is InChI=1S/C14H11F3N2O/c1-8-3-2-4-13(18-8)19-14(20)7-10-11(16)5-9(15)6-12(10)17/h2-6H,7H2,1H3,(H,18,19,20). The van der Waals surface area contributed by atoms with Gasteiger partial charge in [0.05, 0.1) is 6.42 Å². The van der Waals surface area contributed by atoms with Crippen molar-refractivity contribution in [3.05, 3.63) is 59.0 Å². The first kappa shape index (κ1) is 14.0. The van der Waals surface area contributed by atoms with Crippen molar-refractivity contribution in [2.24, 2.45) is 0 Å². The zero-order valence-corrected chi connectivity index (χ0v) is 10.6. The highest BCUT2D eigenvalue weighted by atomic mass is 19.1. The molecule has 0 saturated heterocycles. The molecule has 0 unspecified atom stereocenters. The van der Waals surface area contributed by atoms with Crippen molar-refractivity contribution in [1.82, 2.24) is 4.98 Å². The zero-order chi connectivity index (χ0) is 14.7. The number of hydrogen-bond acceptors (Lipinski definition) is 2. The predicted octanol–water partition coefficient (Wildman–Crippen LogP) is 2.99. The van der Waals surface area contributed by atoms with Gasteiger partial charge < -0.3 is 5.32 Å². The highest BCUT2D eigenvalue weighted by Gasteiger charge is 2.15. The van der Waals surface area contributed by atoms with Crippen LogP contribution >= 0.6 is 0 Å². The van der Waals surface area contributed by atoms with Crippen LogP contribution in [-0.2, 0) is 11.2 Å². The maximum atomic E-state index is 13.4. The summed E-state index contributed by atoms with van der Waals surface area (Å²) in [5.41, 5.74) is 0.221. The molecule has 0 radical (unpaired) electrons. The molecule has 2 aromatic rings. The van der Waals surface area contributed by atoms with Crippen molar-refractivity contribution in [2.75, 3.05) is 5.32 Å². The lowest BCUT2D eigenvalue weighted by Crippen LogP contribution is -2.17. The molecule has 1 aromatic heterocycles. The molecule has 0 aliphatic heterocycles. The van der Waals surface area contributed by atoms with E-state index < -0.39 is 35.3 Å². The number of aromatic nitrogens is 1. The number of pyridine rings is 1. The van der Waals surface area contributed by atoms with E-state index in [4.69, 9.17) is 0 Å². The highest BCUT2D eigenvalue weighted by molar-refractivity contribution is 5.91. The maximum Gasteiger partial charge on any atom is 0.230 e. The number of nitrogens with one attached hydrogen (secondary N) is 1. The topological polar surface area (TPSA) is 42.0 Å². The summed E-state index contributed by atoms with van der Waals surface area (Å²) < 4.78 is 39.5. The Hall–Kier alpha value is -2.37. The second-order valence-electron chi connectivity index (χ2n) is 4.24. The summed E-state index contributed by atoms with van der Waals surface area (Å²) in [4.78, 5) is 15.7. The Kier molecular flexibility index (Phi) is 4.02. The minimum atomic E-state index is -1.09. The van der Waals surface area contributed by atoms with Gasteiger partial charge in [-0.05, 0) is 19.1 Å². The summed E-state index contributed by atoms with van der Waals surface area (Å²) >= 11 is 0. The van der Waals surface area contributed by atoms with Gasteiger partial charge in [-0.1, -0.05) is 6.07 Å². The zero-order valence-electron chi connectivity index (χ0n) is 10.6. The normalized spacial score (nSPS) is 10.4. The number of aryl methyl sites for hydroxylation is 1. The summed E-state index contributed by atoms with van der Waals surface area (Å²) in [6.45, 7) is 1.75. The second kappa shape index (κ2) is 5.73. The Bertz CT molecular complexity index is 636. The van der Waals surface area contributed by atoms with Gasteiger partial charge in [-0.3, -0.25) is 4.79 Å². The van der Waals surface area contributed by atoms with E-state index in [0.29, 0.717) is 17.8 Å². The lowest BCUT2D eigenvalue weighted by Gasteiger charge is -2.07. The van der Waals surface area contributed by atoms with E-state index >= 15 is 0 Å². The fraction of sp³-hybridized carbons (Fsp3) is 0.143. The molecule has 1 aromatic carbocycles. The molecule has 0 saturated carbocycles. The van der Waals surface area contributed by atoms with Crippen LogP contribution in [0, 0.1) is 24.4 Å². The number of nitrogens with zero attached hydrogens (tertiary/aromatic N) is 1. The van der Waals surface area contributed by atoms with Crippen LogP contribution in [0.1, 0.15) is 11.3 Å². The number of halogens is 3. The van der Waals surface area contributed by atoms with Crippen LogP contribution in [0.2, 0.25) is 0 Å². The lowest BCUT2D eigenvalue weighted by atomic mass is 10.1. The minimum Gasteiger partial charge on any atom is -0.310 e. The molecule has 0 atom stereocenters. The number of carbonyl (C=O) groups is 1. The van der Waals surface area contributed by atoms with Crippen molar-refractivity contribution in [2.45, 2.75) is 13.3 Å². The molecule has 0 aliphatic carbocycles. The molecule has 0 bridgehead atoms. The molecule has 1 heterocycles. The summed E-state index contributed by atoms with van der Waals surface area (Å²) in [7, 11) is 0. The Morgan fingerprint density at radius 1 is 1.20 bits per heavy atom.